The van der Waals surface area contributed by atoms with E-state index in [1.165, 1.54) is 12.8 Å². The average molecular weight is 361 g/mol. The zero-order valence-electron chi connectivity index (χ0n) is 15.1. The second-order valence-electron chi connectivity index (χ2n) is 5.82. The molecule has 0 saturated carbocycles. The molecule has 140 valence electrons. The van der Waals surface area contributed by atoms with E-state index in [9.17, 15) is 9.59 Å². The molecule has 0 aliphatic rings. The summed E-state index contributed by atoms with van der Waals surface area (Å²) in [6.07, 6.45) is 13.4. The predicted octanol–water partition coefficient (Wildman–Crippen LogP) is 5.18. The van der Waals surface area contributed by atoms with Crippen molar-refractivity contribution in [3.05, 3.63) is 12.2 Å². The van der Waals surface area contributed by atoms with E-state index in [0.717, 1.165) is 44.4 Å². The number of esters is 2. The second kappa shape index (κ2) is 18.3. The molecule has 0 aliphatic heterocycles. The van der Waals surface area contributed by atoms with Crippen molar-refractivity contribution >= 4 is 23.5 Å². The van der Waals surface area contributed by atoms with Gasteiger partial charge in [-0.3, -0.25) is 9.59 Å². The molecule has 0 bridgehead atoms. The molecular formula is C19H33ClO4. The fourth-order valence-electron chi connectivity index (χ4n) is 2.16. The van der Waals surface area contributed by atoms with Crippen molar-refractivity contribution in [2.45, 2.75) is 77.6 Å². The lowest BCUT2D eigenvalue weighted by Crippen LogP contribution is -2.09. The summed E-state index contributed by atoms with van der Waals surface area (Å²) in [6, 6.07) is 0. The van der Waals surface area contributed by atoms with E-state index in [-0.39, 0.29) is 24.8 Å². The fraction of sp³-hybridized carbons (Fsp3) is 0.789. The van der Waals surface area contributed by atoms with E-state index in [4.69, 9.17) is 21.1 Å². The molecule has 4 nitrogen and oxygen atoms in total. The minimum absolute atomic E-state index is 0.224. The highest BCUT2D eigenvalue weighted by atomic mass is 35.5. The van der Waals surface area contributed by atoms with Crippen molar-refractivity contribution in [3.63, 3.8) is 0 Å². The van der Waals surface area contributed by atoms with Crippen LogP contribution < -0.4 is 0 Å². The third kappa shape index (κ3) is 17.3. The van der Waals surface area contributed by atoms with Crippen molar-refractivity contribution in [1.82, 2.24) is 0 Å². The lowest BCUT2D eigenvalue weighted by molar-refractivity contribution is -0.145. The summed E-state index contributed by atoms with van der Waals surface area (Å²) >= 11 is 5.61. The molecule has 0 rings (SSSR count). The average Bonchev–Trinajstić information content (AvgIpc) is 2.57. The molecule has 0 N–H and O–H groups in total. The molecule has 0 aliphatic carbocycles. The van der Waals surface area contributed by atoms with E-state index < -0.39 is 0 Å². The van der Waals surface area contributed by atoms with Crippen molar-refractivity contribution < 1.29 is 19.1 Å². The summed E-state index contributed by atoms with van der Waals surface area (Å²) in [4.78, 5) is 23.0. The Morgan fingerprint density at radius 1 is 0.792 bits per heavy atom. The molecule has 0 amide bonds. The molecule has 0 saturated heterocycles. The first-order chi connectivity index (χ1) is 11.7. The van der Waals surface area contributed by atoms with Crippen molar-refractivity contribution in [2.75, 3.05) is 19.1 Å². The zero-order chi connectivity index (χ0) is 17.9. The van der Waals surface area contributed by atoms with Gasteiger partial charge >= 0.3 is 11.9 Å². The van der Waals surface area contributed by atoms with Crippen molar-refractivity contribution in [3.8, 4) is 0 Å². The Morgan fingerprint density at radius 2 is 1.33 bits per heavy atom. The molecule has 0 aromatic carbocycles. The molecule has 5 heteroatoms. The van der Waals surface area contributed by atoms with Crippen LogP contribution in [0.25, 0.3) is 0 Å². The van der Waals surface area contributed by atoms with E-state index in [1.807, 2.05) is 19.1 Å². The van der Waals surface area contributed by atoms with Crippen LogP contribution in [0.4, 0.5) is 0 Å². The molecule has 0 heterocycles. The normalized spacial score (nSPS) is 10.9. The first kappa shape index (κ1) is 23.0. The third-order valence-corrected chi connectivity index (χ3v) is 3.83. The molecule has 0 spiro atoms. The van der Waals surface area contributed by atoms with Crippen molar-refractivity contribution in [2.24, 2.45) is 0 Å². The van der Waals surface area contributed by atoms with E-state index in [0.29, 0.717) is 19.6 Å². The van der Waals surface area contributed by atoms with Crippen LogP contribution in [-0.2, 0) is 19.1 Å². The summed E-state index contributed by atoms with van der Waals surface area (Å²) in [5.74, 6) is 0.278. The standard InChI is InChI=1S/C19H33ClO4/c1-2-3-4-10-16-23-18(21)13-12-14-19(22)24-17-11-8-6-5-7-9-15-20/h2-3H,4-17H2,1H3/b3-2+. The fourth-order valence-corrected chi connectivity index (χ4v) is 2.35. The predicted molar refractivity (Wildman–Crippen MR) is 98.2 cm³/mol. The van der Waals surface area contributed by atoms with Gasteiger partial charge in [-0.05, 0) is 39.0 Å². The smallest absolute Gasteiger partial charge is 0.305 e. The number of hydrogen-bond acceptors (Lipinski definition) is 4. The quantitative estimate of drug-likeness (QED) is 0.165. The second-order valence-corrected chi connectivity index (χ2v) is 6.19. The third-order valence-electron chi connectivity index (χ3n) is 3.57. The van der Waals surface area contributed by atoms with Crippen LogP contribution in [0, 0.1) is 0 Å². The molecule has 0 aromatic rings. The molecule has 0 radical (unpaired) electrons. The van der Waals surface area contributed by atoms with Gasteiger partial charge in [-0.25, -0.2) is 0 Å². The lowest BCUT2D eigenvalue weighted by atomic mass is 10.1. The van der Waals surface area contributed by atoms with Gasteiger partial charge in [-0.1, -0.05) is 37.8 Å². The van der Waals surface area contributed by atoms with Gasteiger partial charge in [0.15, 0.2) is 0 Å². The summed E-state index contributed by atoms with van der Waals surface area (Å²) in [5, 5.41) is 0. The summed E-state index contributed by atoms with van der Waals surface area (Å²) in [7, 11) is 0. The van der Waals surface area contributed by atoms with Gasteiger partial charge in [0, 0.05) is 18.7 Å². The number of hydrogen-bond donors (Lipinski definition) is 0. The highest BCUT2D eigenvalue weighted by molar-refractivity contribution is 6.17. The largest absolute Gasteiger partial charge is 0.466 e. The van der Waals surface area contributed by atoms with Crippen LogP contribution in [0.5, 0.6) is 0 Å². The monoisotopic (exact) mass is 360 g/mol. The molecule has 0 atom stereocenters. The molecule has 0 aromatic heterocycles. The summed E-state index contributed by atoms with van der Waals surface area (Å²) < 4.78 is 10.2. The van der Waals surface area contributed by atoms with E-state index >= 15 is 0 Å². The number of unbranched alkanes of at least 4 members (excludes halogenated alkanes) is 6. The van der Waals surface area contributed by atoms with Crippen LogP contribution in [0.2, 0.25) is 0 Å². The summed E-state index contributed by atoms with van der Waals surface area (Å²) in [6.45, 7) is 2.89. The number of alkyl halides is 1. The number of carbonyl (C=O) groups excluding carboxylic acids is 2. The minimum atomic E-state index is -0.236. The molecule has 24 heavy (non-hydrogen) atoms. The van der Waals surface area contributed by atoms with Gasteiger partial charge in [-0.15, -0.1) is 11.6 Å². The SMILES string of the molecule is C/C=C/CCCOC(=O)CCCC(=O)OCCCCCCCCCl. The first-order valence-corrected chi connectivity index (χ1v) is 9.72. The molecule has 0 unspecified atom stereocenters. The Labute approximate surface area is 151 Å². The maximum Gasteiger partial charge on any atom is 0.305 e. The van der Waals surface area contributed by atoms with Crippen LogP contribution in [0.3, 0.4) is 0 Å². The number of halogens is 1. The maximum absolute atomic E-state index is 11.5. The van der Waals surface area contributed by atoms with Crippen LogP contribution in [-0.4, -0.2) is 31.0 Å². The van der Waals surface area contributed by atoms with Gasteiger partial charge in [0.25, 0.3) is 0 Å². The van der Waals surface area contributed by atoms with Gasteiger partial charge in [0.1, 0.15) is 0 Å². The Bertz CT molecular complexity index is 342. The van der Waals surface area contributed by atoms with Crippen LogP contribution in [0.15, 0.2) is 12.2 Å². The summed E-state index contributed by atoms with van der Waals surface area (Å²) in [5.41, 5.74) is 0. The number of ether oxygens (including phenoxy) is 2. The number of carbonyl (C=O) groups is 2. The Hall–Kier alpha value is -1.03. The van der Waals surface area contributed by atoms with Crippen LogP contribution in [0.1, 0.15) is 77.6 Å². The Morgan fingerprint density at radius 3 is 1.92 bits per heavy atom. The van der Waals surface area contributed by atoms with E-state index in [2.05, 4.69) is 0 Å². The first-order valence-electron chi connectivity index (χ1n) is 9.19. The van der Waals surface area contributed by atoms with Gasteiger partial charge < -0.3 is 9.47 Å². The lowest BCUT2D eigenvalue weighted by Gasteiger charge is -2.05. The van der Waals surface area contributed by atoms with Crippen molar-refractivity contribution in [1.29, 1.82) is 0 Å². The van der Waals surface area contributed by atoms with Gasteiger partial charge in [-0.2, -0.15) is 0 Å². The van der Waals surface area contributed by atoms with Crippen LogP contribution >= 0.6 is 11.6 Å². The molecular weight excluding hydrogens is 328 g/mol. The Kier molecular flexibility index (Phi) is 17.5. The highest BCUT2D eigenvalue weighted by Crippen LogP contribution is 2.07. The topological polar surface area (TPSA) is 52.6 Å². The Balaban J connectivity index is 3.35. The van der Waals surface area contributed by atoms with Gasteiger partial charge in [0.2, 0.25) is 0 Å². The minimum Gasteiger partial charge on any atom is -0.466 e. The maximum atomic E-state index is 11.5. The number of allylic oxidation sites excluding steroid dienone is 2. The molecule has 0 fully saturated rings. The zero-order valence-corrected chi connectivity index (χ0v) is 15.8. The van der Waals surface area contributed by atoms with Gasteiger partial charge in [0.05, 0.1) is 13.2 Å². The van der Waals surface area contributed by atoms with E-state index in [1.54, 1.807) is 0 Å². The number of rotatable bonds is 16. The highest BCUT2D eigenvalue weighted by Gasteiger charge is 2.07.